The number of carbonyl (C=O) groups is 1. The van der Waals surface area contributed by atoms with Gasteiger partial charge in [0.2, 0.25) is 0 Å². The topological polar surface area (TPSA) is 54.0 Å². The number of ether oxygens (including phenoxy) is 3. The molecule has 0 N–H and O–H groups in total. The Morgan fingerprint density at radius 2 is 2.08 bits per heavy atom. The summed E-state index contributed by atoms with van der Waals surface area (Å²) in [5.74, 6) is 1.68. The number of hydrogen-bond donors (Lipinski definition) is 0. The van der Waals surface area contributed by atoms with E-state index in [1.54, 1.807) is 7.11 Å². The molecule has 1 atom stereocenters. The summed E-state index contributed by atoms with van der Waals surface area (Å²) in [7, 11) is -0.592. The van der Waals surface area contributed by atoms with E-state index in [4.69, 9.17) is 18.6 Å². The third kappa shape index (κ3) is 3.96. The van der Waals surface area contributed by atoms with E-state index in [1.807, 2.05) is 13.0 Å². The van der Waals surface area contributed by atoms with Crippen LogP contribution in [0.3, 0.4) is 0 Å². The highest BCUT2D eigenvalue weighted by Crippen LogP contribution is 2.46. The molecule has 26 heavy (non-hydrogen) atoms. The standard InChI is InChI=1S/C20H30O5Si/c1-13(2)16-9-14-17(24-16)10-18(25-26(7,8)20(3,4)5)15(11-21)19(14)23-12-22-6/h10-11,16H,1,9,12H2,2-8H3. The van der Waals surface area contributed by atoms with Crippen LogP contribution in [0.5, 0.6) is 17.2 Å². The zero-order valence-electron chi connectivity index (χ0n) is 16.9. The number of benzene rings is 1. The fraction of sp³-hybridized carbons (Fsp3) is 0.550. The van der Waals surface area contributed by atoms with Crippen molar-refractivity contribution in [2.75, 3.05) is 13.9 Å². The number of hydrogen-bond acceptors (Lipinski definition) is 5. The quantitative estimate of drug-likeness (QED) is 0.297. The Hall–Kier alpha value is -1.79. The van der Waals surface area contributed by atoms with E-state index in [1.165, 1.54) is 0 Å². The van der Waals surface area contributed by atoms with Crippen LogP contribution in [0.25, 0.3) is 0 Å². The van der Waals surface area contributed by atoms with Gasteiger partial charge in [-0.05, 0) is 30.6 Å². The lowest BCUT2D eigenvalue weighted by molar-refractivity contribution is 0.0498. The van der Waals surface area contributed by atoms with Crippen LogP contribution in [-0.4, -0.2) is 34.6 Å². The molecular weight excluding hydrogens is 348 g/mol. The van der Waals surface area contributed by atoms with Gasteiger partial charge in [-0.25, -0.2) is 0 Å². The molecule has 5 nitrogen and oxygen atoms in total. The van der Waals surface area contributed by atoms with Crippen molar-refractivity contribution in [3.05, 3.63) is 29.3 Å². The minimum absolute atomic E-state index is 0.000809. The van der Waals surface area contributed by atoms with Gasteiger partial charge < -0.3 is 18.6 Å². The van der Waals surface area contributed by atoms with E-state index in [9.17, 15) is 4.79 Å². The molecule has 0 aromatic heterocycles. The summed E-state index contributed by atoms with van der Waals surface area (Å²) in [6, 6.07) is 1.82. The third-order valence-corrected chi connectivity index (χ3v) is 9.51. The minimum atomic E-state index is -2.14. The van der Waals surface area contributed by atoms with Crippen LogP contribution in [0.1, 0.15) is 43.6 Å². The summed E-state index contributed by atoms with van der Waals surface area (Å²) >= 11 is 0. The Morgan fingerprint density at radius 3 is 2.58 bits per heavy atom. The third-order valence-electron chi connectivity index (χ3n) is 5.16. The highest BCUT2D eigenvalue weighted by Gasteiger charge is 2.40. The van der Waals surface area contributed by atoms with Gasteiger partial charge in [-0.2, -0.15) is 0 Å². The molecule has 0 bridgehead atoms. The van der Waals surface area contributed by atoms with Gasteiger partial charge >= 0.3 is 0 Å². The maximum atomic E-state index is 11.9. The molecule has 1 aliphatic heterocycles. The number of fused-ring (bicyclic) bond motifs is 1. The predicted octanol–water partition coefficient (Wildman–Crippen LogP) is 4.75. The van der Waals surface area contributed by atoms with E-state index < -0.39 is 8.32 Å². The minimum Gasteiger partial charge on any atom is -0.543 e. The molecule has 1 aromatic rings. The Kier molecular flexibility index (Phi) is 5.88. The summed E-state index contributed by atoms with van der Waals surface area (Å²) in [6.07, 6.45) is 1.28. The van der Waals surface area contributed by atoms with E-state index in [2.05, 4.69) is 40.4 Å². The molecule has 0 spiro atoms. The van der Waals surface area contributed by atoms with Crippen molar-refractivity contribution in [3.63, 3.8) is 0 Å². The van der Waals surface area contributed by atoms with Crippen LogP contribution in [0.15, 0.2) is 18.2 Å². The highest BCUT2D eigenvalue weighted by molar-refractivity contribution is 6.74. The van der Waals surface area contributed by atoms with E-state index >= 15 is 0 Å². The fourth-order valence-electron chi connectivity index (χ4n) is 2.53. The Balaban J connectivity index is 2.55. The first kappa shape index (κ1) is 20.5. The Bertz CT molecular complexity index is 703. The maximum absolute atomic E-state index is 11.9. The number of methoxy groups -OCH3 is 1. The van der Waals surface area contributed by atoms with Crippen molar-refractivity contribution in [2.24, 2.45) is 0 Å². The first-order valence-corrected chi connectivity index (χ1v) is 11.7. The molecule has 6 heteroatoms. The molecule has 0 radical (unpaired) electrons. The van der Waals surface area contributed by atoms with Crippen molar-refractivity contribution in [1.29, 1.82) is 0 Å². The van der Waals surface area contributed by atoms with E-state index in [0.29, 0.717) is 29.2 Å². The zero-order valence-corrected chi connectivity index (χ0v) is 17.9. The average Bonchev–Trinajstić information content (AvgIpc) is 2.94. The van der Waals surface area contributed by atoms with Crippen LogP contribution in [0.4, 0.5) is 0 Å². The van der Waals surface area contributed by atoms with Crippen LogP contribution in [0.2, 0.25) is 18.1 Å². The molecule has 2 rings (SSSR count). The molecule has 0 amide bonds. The van der Waals surface area contributed by atoms with E-state index in [0.717, 1.165) is 17.4 Å². The lowest BCUT2D eigenvalue weighted by Crippen LogP contribution is -2.44. The lowest BCUT2D eigenvalue weighted by atomic mass is 10.0. The first-order valence-electron chi connectivity index (χ1n) is 8.79. The van der Waals surface area contributed by atoms with Gasteiger partial charge in [0.25, 0.3) is 8.32 Å². The molecule has 0 saturated carbocycles. The summed E-state index contributed by atoms with van der Waals surface area (Å²) in [5.41, 5.74) is 2.20. The summed E-state index contributed by atoms with van der Waals surface area (Å²) < 4.78 is 23.2. The van der Waals surface area contributed by atoms with Gasteiger partial charge in [-0.1, -0.05) is 27.4 Å². The SMILES string of the molecule is C=C(C)C1Cc2c(cc(O[Si](C)(C)C(C)(C)C)c(C=O)c2OCOC)O1. The number of carbonyl (C=O) groups excluding carboxylic acids is 1. The van der Waals surface area contributed by atoms with Crippen molar-refractivity contribution in [2.45, 2.75) is 58.4 Å². The molecule has 0 aliphatic carbocycles. The smallest absolute Gasteiger partial charge is 0.250 e. The fourth-order valence-corrected chi connectivity index (χ4v) is 3.56. The van der Waals surface area contributed by atoms with Crippen LogP contribution < -0.4 is 13.9 Å². The van der Waals surface area contributed by atoms with Gasteiger partial charge in [0.05, 0.1) is 5.56 Å². The zero-order chi connectivity index (χ0) is 19.7. The van der Waals surface area contributed by atoms with Crippen molar-refractivity contribution in [3.8, 4) is 17.2 Å². The number of rotatable bonds is 7. The number of aldehydes is 1. The largest absolute Gasteiger partial charge is 0.543 e. The molecule has 1 aromatic carbocycles. The second kappa shape index (κ2) is 7.45. The molecular formula is C20H30O5Si. The first-order chi connectivity index (χ1) is 12.0. The van der Waals surface area contributed by atoms with Gasteiger partial charge in [0.1, 0.15) is 23.4 Å². The Labute approximate surface area is 157 Å². The van der Waals surface area contributed by atoms with Crippen LogP contribution in [-0.2, 0) is 11.2 Å². The second-order valence-electron chi connectivity index (χ2n) is 8.28. The highest BCUT2D eigenvalue weighted by atomic mass is 28.4. The van der Waals surface area contributed by atoms with Gasteiger partial charge in [0, 0.05) is 25.2 Å². The monoisotopic (exact) mass is 378 g/mol. The maximum Gasteiger partial charge on any atom is 0.250 e. The summed E-state index contributed by atoms with van der Waals surface area (Å²) in [4.78, 5) is 11.9. The molecule has 144 valence electrons. The molecule has 0 saturated heterocycles. The molecule has 0 fully saturated rings. The molecule has 1 unspecified atom stereocenters. The molecule has 1 heterocycles. The van der Waals surface area contributed by atoms with Crippen LogP contribution >= 0.6 is 0 Å². The Morgan fingerprint density at radius 1 is 1.42 bits per heavy atom. The van der Waals surface area contributed by atoms with Gasteiger partial charge in [0.15, 0.2) is 13.1 Å². The van der Waals surface area contributed by atoms with Gasteiger partial charge in [-0.15, -0.1) is 0 Å². The second-order valence-corrected chi connectivity index (χ2v) is 13.0. The van der Waals surface area contributed by atoms with E-state index in [-0.39, 0.29) is 17.9 Å². The van der Waals surface area contributed by atoms with Gasteiger partial charge in [-0.3, -0.25) is 4.79 Å². The molecule has 1 aliphatic rings. The summed E-state index contributed by atoms with van der Waals surface area (Å²) in [5, 5.41) is 0.000809. The predicted molar refractivity (Wildman–Crippen MR) is 105 cm³/mol. The van der Waals surface area contributed by atoms with Crippen molar-refractivity contribution >= 4 is 14.6 Å². The lowest BCUT2D eigenvalue weighted by Gasteiger charge is -2.37. The average molecular weight is 379 g/mol. The van der Waals surface area contributed by atoms with Crippen molar-refractivity contribution < 1.29 is 23.4 Å². The van der Waals surface area contributed by atoms with Crippen LogP contribution in [0, 0.1) is 0 Å². The normalized spacial score (nSPS) is 16.7. The van der Waals surface area contributed by atoms with Crippen molar-refractivity contribution in [1.82, 2.24) is 0 Å². The summed E-state index contributed by atoms with van der Waals surface area (Å²) in [6.45, 7) is 16.7.